The molecule has 620 valence electrons. The second kappa shape index (κ2) is 54.9. The third-order valence-corrected chi connectivity index (χ3v) is 19.3. The summed E-state index contributed by atoms with van der Waals surface area (Å²) < 4.78 is 0. The highest BCUT2D eigenvalue weighted by atomic mass is 16.4. The zero-order valence-corrected chi connectivity index (χ0v) is 66.1. The third kappa shape index (κ3) is 42.2. The van der Waals surface area contributed by atoms with Gasteiger partial charge in [0, 0.05) is 175 Å². The van der Waals surface area contributed by atoms with E-state index in [1.165, 1.54) is 13.8 Å². The first-order chi connectivity index (χ1) is 53.4. The van der Waals surface area contributed by atoms with E-state index in [0.29, 0.717) is 57.6 Å². The molecule has 20 N–H and O–H groups in total. The second-order valence-electron chi connectivity index (χ2n) is 29.3. The molecule has 0 saturated heterocycles. The maximum absolute atomic E-state index is 14.1. The van der Waals surface area contributed by atoms with E-state index in [1.54, 1.807) is 18.5 Å². The number of Topliss-reactive ketones (excluding diaryl/α,β-unsaturated/α-hetero) is 6. The number of hydrogen-bond donors (Lipinski definition) is 12. The van der Waals surface area contributed by atoms with Crippen LogP contribution in [0, 0.1) is 24.7 Å². The number of H-pyrrole nitrogens is 1. The van der Waals surface area contributed by atoms with E-state index in [2.05, 4.69) is 72.5 Å². The number of ketones is 6. The number of carboxylic acid groups (broad SMARTS) is 4. The number of carbonyl (C=O) groups is 15. The number of rotatable bonds is 62. The van der Waals surface area contributed by atoms with Crippen LogP contribution in [0.1, 0.15) is 192 Å². The molecule has 0 fully saturated rings. The molecule has 4 aromatic rings. The standard InChI is InChI=1S/C41H61N7O10.C39H60N6O9/c1-3-4-11-31(42)25-43-18-15-35(44-17-8-12-33(50)26-46-27(2)49)37(52)22-30(21-34(51)23-32-20-28-9-5-6-10-29(28)24-47-32)40(56)45-19-16-36(41(57)58)48-38(53)13-7-14-39(54)55;1-4-5-8-30(40)23-41-16-14-34(42-15-7-10-32(48)24-43-26(3)46)36(49)20-27(18-28-21-44-35-17-25(2)12-13-33(28)35)38(52)45-22-29(39(53)54)19-31(47)9-6-11-37(50)51/h5-6,9-10,20,24,30-31,35-36,43-44H,3-4,7-8,11-19,21-23,25-26,42H2,1-2H3,(H,45,56)(H,46,49)(H,48,53)(H,54,55)(H,57,58);12-13,17,21,27,29-30,34,41-42,44H,4-11,14-16,18-20,22-24,40H2,1-3H3,(H,43,46)(H,45,52)(H,50,51)(H,53,54)/p+2/t30-,31-,35-,36+;27-,29+,30-,34-/m00/s1. The Balaban J connectivity index is 0.000000582. The molecule has 0 aliphatic heterocycles. The van der Waals surface area contributed by atoms with Crippen LogP contribution in [0.25, 0.3) is 21.7 Å². The van der Waals surface area contributed by atoms with Gasteiger partial charge in [-0.3, -0.25) is 57.7 Å². The van der Waals surface area contributed by atoms with Crippen LogP contribution in [0.2, 0.25) is 0 Å². The number of pyridine rings is 1. The lowest BCUT2D eigenvalue weighted by Crippen LogP contribution is -2.95. The number of nitrogens with one attached hydrogen (secondary N) is 6. The zero-order valence-electron chi connectivity index (χ0n) is 66.1. The van der Waals surface area contributed by atoms with Gasteiger partial charge >= 0.3 is 0 Å². The Hall–Kier alpha value is -9.60. The van der Waals surface area contributed by atoms with Gasteiger partial charge in [-0.15, -0.1) is 0 Å². The zero-order chi connectivity index (χ0) is 82.9. The van der Waals surface area contributed by atoms with E-state index < -0.39 is 96.2 Å². The van der Waals surface area contributed by atoms with Crippen molar-refractivity contribution in [2.75, 3.05) is 65.4 Å². The number of aliphatic carboxylic acids is 4. The van der Waals surface area contributed by atoms with Crippen molar-refractivity contribution >= 4 is 110 Å². The minimum Gasteiger partial charge on any atom is -0.550 e. The molecule has 0 bridgehead atoms. The van der Waals surface area contributed by atoms with Crippen LogP contribution in [0.5, 0.6) is 0 Å². The van der Waals surface area contributed by atoms with Gasteiger partial charge in [0.25, 0.3) is 0 Å². The predicted molar refractivity (Wildman–Crippen MR) is 403 cm³/mol. The van der Waals surface area contributed by atoms with Gasteiger partial charge in [-0.1, -0.05) is 63.1 Å². The van der Waals surface area contributed by atoms with Gasteiger partial charge < -0.3 is 104 Å². The number of benzene rings is 2. The molecule has 0 aliphatic rings. The summed E-state index contributed by atoms with van der Waals surface area (Å²) in [5.74, 6) is -13.0. The van der Waals surface area contributed by atoms with Crippen molar-refractivity contribution in [2.24, 2.45) is 17.8 Å². The van der Waals surface area contributed by atoms with E-state index in [1.807, 2.05) is 60.0 Å². The molecule has 0 saturated carbocycles. The molecule has 4 rings (SSSR count). The van der Waals surface area contributed by atoms with E-state index in [9.17, 15) is 92.3 Å². The summed E-state index contributed by atoms with van der Waals surface area (Å²) in [4.78, 5) is 193. The third-order valence-electron chi connectivity index (χ3n) is 19.3. The Morgan fingerprint density at radius 2 is 1.05 bits per heavy atom. The van der Waals surface area contributed by atoms with Crippen molar-refractivity contribution in [2.45, 2.75) is 225 Å². The monoisotopic (exact) mass is 1570 g/mol. The lowest BCUT2D eigenvalue weighted by atomic mass is 9.90. The van der Waals surface area contributed by atoms with Crippen molar-refractivity contribution in [3.8, 4) is 0 Å². The van der Waals surface area contributed by atoms with Crippen molar-refractivity contribution in [3.63, 3.8) is 0 Å². The van der Waals surface area contributed by atoms with Crippen LogP contribution in [0.4, 0.5) is 0 Å². The highest BCUT2D eigenvalue weighted by Crippen LogP contribution is 2.25. The highest BCUT2D eigenvalue weighted by Gasteiger charge is 2.33. The summed E-state index contributed by atoms with van der Waals surface area (Å²) in [5, 5.41) is 68.2. The number of fused-ring (bicyclic) bond motifs is 2. The molecule has 5 amide bonds. The molecule has 8 atom stereocenters. The molecule has 0 radical (unpaired) electrons. The van der Waals surface area contributed by atoms with Gasteiger partial charge in [0.1, 0.15) is 36.7 Å². The summed E-state index contributed by atoms with van der Waals surface area (Å²) >= 11 is 0. The second-order valence-corrected chi connectivity index (χ2v) is 29.3. The predicted octanol–water partition coefficient (Wildman–Crippen LogP) is -6.73. The number of nitrogens with zero attached hydrogens (tertiary/aromatic N) is 1. The van der Waals surface area contributed by atoms with E-state index in [4.69, 9.17) is 0 Å². The highest BCUT2D eigenvalue weighted by molar-refractivity contribution is 5.94. The van der Waals surface area contributed by atoms with Crippen LogP contribution in [0.3, 0.4) is 0 Å². The Morgan fingerprint density at radius 3 is 1.59 bits per heavy atom. The van der Waals surface area contributed by atoms with Crippen LogP contribution in [-0.4, -0.2) is 194 Å². The molecule has 2 heterocycles. The number of aryl methyl sites for hydroxylation is 1. The van der Waals surface area contributed by atoms with Crippen LogP contribution in [0.15, 0.2) is 60.9 Å². The number of carboxylic acids is 4. The van der Waals surface area contributed by atoms with Crippen molar-refractivity contribution < 1.29 is 125 Å². The number of amides is 5. The molecule has 112 heavy (non-hydrogen) atoms. The lowest BCUT2D eigenvalue weighted by Gasteiger charge is -2.22. The number of nitrogens with two attached hydrogens (primary N) is 4. The number of aromatic amines is 1. The van der Waals surface area contributed by atoms with Gasteiger partial charge in [0.05, 0.1) is 70.0 Å². The van der Waals surface area contributed by atoms with Crippen LogP contribution >= 0.6 is 0 Å². The Kier molecular flexibility index (Phi) is 47.4. The van der Waals surface area contributed by atoms with E-state index in [-0.39, 0.29) is 162 Å². The van der Waals surface area contributed by atoms with E-state index >= 15 is 0 Å². The van der Waals surface area contributed by atoms with Crippen molar-refractivity contribution in [1.29, 1.82) is 0 Å². The SMILES string of the molecule is CCCC[C@H]([NH3+])C[NH2+]CC[C@H]([NH2+]CCCC(=O)CNC(C)=O)C(=O)C[C@H](CC(=O)Cc1cc2ccccc2cn1)C(=O)NCC[C@@H](NC(=O)CCCC(=O)[O-])C(=O)[O-].CCCC[C@H]([NH3+])C[NH2+]CC[C@H]([NH2+]CCCC(=O)CNC(C)=O)C(=O)C[C@H](Cc1c[nH]c2cc(C)ccc12)C(=O)NC[C@@H](CC(=O)CCCC(=O)[O-])C(=O)[O-]. The first kappa shape index (κ1) is 96.6. The minimum atomic E-state index is -1.60. The molecule has 2 aromatic heterocycles. The summed E-state index contributed by atoms with van der Waals surface area (Å²) in [6.45, 7) is 11.9. The quantitative estimate of drug-likeness (QED) is 0.0183. The maximum atomic E-state index is 14.1. The fourth-order valence-electron chi connectivity index (χ4n) is 12.8. The summed E-state index contributed by atoms with van der Waals surface area (Å²) in [6.07, 6.45) is 9.78. The normalized spacial score (nSPS) is 13.3. The average Bonchev–Trinajstić information content (AvgIpc) is 1.65. The Bertz CT molecular complexity index is 3720. The average molecular weight is 1570 g/mol. The number of quaternary nitrogens is 6. The maximum Gasteiger partial charge on any atom is 0.224 e. The van der Waals surface area contributed by atoms with Gasteiger partial charge in [0.15, 0.2) is 35.2 Å². The van der Waals surface area contributed by atoms with Crippen LogP contribution in [-0.2, 0) is 84.8 Å². The van der Waals surface area contributed by atoms with Gasteiger partial charge in [0.2, 0.25) is 29.5 Å². The number of hydrogen-bond acceptors (Lipinski definition) is 20. The molecular formula is C80H123N13O19+2. The lowest BCUT2D eigenvalue weighted by molar-refractivity contribution is -0.704. The summed E-state index contributed by atoms with van der Waals surface area (Å²) in [6, 6.07) is 13.2. The minimum absolute atomic E-state index is 0.0136. The molecule has 0 aliphatic carbocycles. The van der Waals surface area contributed by atoms with Crippen LogP contribution < -0.4 is 79.7 Å². The molecular weight excluding hydrogens is 1450 g/mol. The molecule has 32 heteroatoms. The Morgan fingerprint density at radius 1 is 0.527 bits per heavy atom. The first-order valence-electron chi connectivity index (χ1n) is 39.5. The fraction of sp³-hybridized carbons (Fsp3) is 0.600. The van der Waals surface area contributed by atoms with Crippen molar-refractivity contribution in [3.05, 3.63) is 77.7 Å². The number of unbranched alkanes of at least 4 members (excludes halogenated alkanes) is 2. The molecule has 2 aromatic carbocycles. The van der Waals surface area contributed by atoms with Gasteiger partial charge in [-0.25, -0.2) is 0 Å². The van der Waals surface area contributed by atoms with Gasteiger partial charge in [-0.05, 0) is 86.9 Å². The smallest absolute Gasteiger partial charge is 0.224 e. The summed E-state index contributed by atoms with van der Waals surface area (Å²) in [7, 11) is 0. The fourth-order valence-corrected chi connectivity index (χ4v) is 12.8. The topological polar surface area (TPSA) is 559 Å². The molecule has 0 spiro atoms. The van der Waals surface area contributed by atoms with Gasteiger partial charge in [-0.2, -0.15) is 0 Å². The number of aromatic nitrogens is 2. The molecule has 32 nitrogen and oxygen atoms in total. The number of carbonyl (C=O) groups excluding carboxylic acids is 15. The summed E-state index contributed by atoms with van der Waals surface area (Å²) in [5.41, 5.74) is 11.7. The van der Waals surface area contributed by atoms with Crippen molar-refractivity contribution in [1.82, 2.24) is 36.6 Å². The molecule has 0 unspecified atom stereocenters. The Labute approximate surface area is 655 Å². The largest absolute Gasteiger partial charge is 0.550 e. The first-order valence-corrected chi connectivity index (χ1v) is 39.5. The van der Waals surface area contributed by atoms with E-state index in [0.717, 1.165) is 84.4 Å².